The zero-order chi connectivity index (χ0) is 23.2. The zero-order valence-corrected chi connectivity index (χ0v) is 18.6. The van der Waals surface area contributed by atoms with Crippen LogP contribution in [0.5, 0.6) is 5.75 Å². The Balaban J connectivity index is 1.46. The van der Waals surface area contributed by atoms with E-state index in [4.69, 9.17) is 4.74 Å². The SMILES string of the molecule is COc1cccc(-n2ncc3c(N/N=C/c4ccc(NC(=O)CN(C)C)cc4)ncnc32)c1. The number of hydrogen-bond donors (Lipinski definition) is 2. The standard InChI is InChI=1S/C23H24N8O2/c1-30(2)14-21(32)28-17-9-7-16(8-10-17)12-26-29-22-20-13-27-31(23(20)25-15-24-22)18-5-4-6-19(11-18)33-3/h4-13,15H,14H2,1-3H3,(H,28,32)(H,24,25,29)/b26-12+. The van der Waals surface area contributed by atoms with E-state index in [1.807, 2.05) is 67.5 Å². The molecule has 0 bridgehead atoms. The number of hydrazone groups is 1. The quantitative estimate of drug-likeness (QED) is 0.318. The highest BCUT2D eigenvalue weighted by Gasteiger charge is 2.11. The van der Waals surface area contributed by atoms with Gasteiger partial charge in [-0.25, -0.2) is 14.6 Å². The number of carbonyl (C=O) groups excluding carboxylic acids is 1. The minimum atomic E-state index is -0.0645. The molecule has 0 spiro atoms. The lowest BCUT2D eigenvalue weighted by atomic mass is 10.2. The van der Waals surface area contributed by atoms with Gasteiger partial charge in [0.05, 0.1) is 37.1 Å². The molecule has 10 heteroatoms. The van der Waals surface area contributed by atoms with Crippen LogP contribution < -0.4 is 15.5 Å². The number of hydrogen-bond acceptors (Lipinski definition) is 8. The topological polar surface area (TPSA) is 110 Å². The molecule has 0 radical (unpaired) electrons. The van der Waals surface area contributed by atoms with E-state index in [0.717, 1.165) is 28.1 Å². The molecule has 0 aliphatic carbocycles. The molecule has 4 rings (SSSR count). The predicted octanol–water partition coefficient (Wildman–Crippen LogP) is 2.77. The normalized spacial score (nSPS) is 11.3. The highest BCUT2D eigenvalue weighted by Crippen LogP contribution is 2.23. The van der Waals surface area contributed by atoms with E-state index in [2.05, 4.69) is 30.9 Å². The molecular weight excluding hydrogens is 420 g/mol. The minimum Gasteiger partial charge on any atom is -0.497 e. The number of ether oxygens (including phenoxy) is 1. The van der Waals surface area contributed by atoms with Crippen LogP contribution >= 0.6 is 0 Å². The number of anilines is 2. The van der Waals surface area contributed by atoms with Crippen molar-refractivity contribution in [1.82, 2.24) is 24.6 Å². The number of fused-ring (bicyclic) bond motifs is 1. The second-order valence-corrected chi connectivity index (χ2v) is 7.50. The lowest BCUT2D eigenvalue weighted by Crippen LogP contribution is -2.27. The van der Waals surface area contributed by atoms with E-state index in [1.54, 1.807) is 24.2 Å². The minimum absolute atomic E-state index is 0.0645. The summed E-state index contributed by atoms with van der Waals surface area (Å²) in [5.41, 5.74) is 6.03. The molecule has 2 aromatic carbocycles. The third-order valence-corrected chi connectivity index (χ3v) is 4.70. The van der Waals surface area contributed by atoms with Crippen LogP contribution in [0.25, 0.3) is 16.7 Å². The van der Waals surface area contributed by atoms with Crippen LogP contribution in [0, 0.1) is 0 Å². The van der Waals surface area contributed by atoms with Crippen molar-refractivity contribution in [2.45, 2.75) is 0 Å². The first-order chi connectivity index (χ1) is 16.0. The number of benzene rings is 2. The van der Waals surface area contributed by atoms with Crippen molar-refractivity contribution in [3.8, 4) is 11.4 Å². The molecule has 2 aromatic heterocycles. The molecule has 2 heterocycles. The molecular formula is C23H24N8O2. The zero-order valence-electron chi connectivity index (χ0n) is 18.6. The summed E-state index contributed by atoms with van der Waals surface area (Å²) in [4.78, 5) is 22.3. The lowest BCUT2D eigenvalue weighted by molar-refractivity contribution is -0.116. The van der Waals surface area contributed by atoms with Gasteiger partial charge in [-0.1, -0.05) is 18.2 Å². The fourth-order valence-corrected chi connectivity index (χ4v) is 3.17. The fourth-order valence-electron chi connectivity index (χ4n) is 3.17. The molecule has 0 atom stereocenters. The summed E-state index contributed by atoms with van der Waals surface area (Å²) in [6, 6.07) is 15.0. The molecule has 0 aliphatic rings. The Hall–Kier alpha value is -4.31. The first-order valence-electron chi connectivity index (χ1n) is 10.2. The van der Waals surface area contributed by atoms with Gasteiger partial charge < -0.3 is 15.0 Å². The van der Waals surface area contributed by atoms with Crippen molar-refractivity contribution >= 4 is 34.7 Å². The Morgan fingerprint density at radius 1 is 1.18 bits per heavy atom. The summed E-state index contributed by atoms with van der Waals surface area (Å²) in [5.74, 6) is 1.21. The average molecular weight is 444 g/mol. The molecule has 0 saturated heterocycles. The van der Waals surface area contributed by atoms with Gasteiger partial charge >= 0.3 is 0 Å². The van der Waals surface area contributed by atoms with Crippen molar-refractivity contribution in [1.29, 1.82) is 0 Å². The molecule has 33 heavy (non-hydrogen) atoms. The third-order valence-electron chi connectivity index (χ3n) is 4.70. The van der Waals surface area contributed by atoms with Gasteiger partial charge in [0.25, 0.3) is 0 Å². The van der Waals surface area contributed by atoms with Crippen LogP contribution in [0.4, 0.5) is 11.5 Å². The number of aromatic nitrogens is 4. The van der Waals surface area contributed by atoms with Crippen molar-refractivity contribution in [2.24, 2.45) is 5.10 Å². The molecule has 1 amide bonds. The maximum atomic E-state index is 11.9. The van der Waals surface area contributed by atoms with E-state index in [-0.39, 0.29) is 5.91 Å². The first kappa shape index (κ1) is 21.9. The number of likely N-dealkylation sites (N-methyl/N-ethyl adjacent to an activating group) is 1. The summed E-state index contributed by atoms with van der Waals surface area (Å²) < 4.78 is 7.02. The van der Waals surface area contributed by atoms with E-state index in [1.165, 1.54) is 6.33 Å². The number of nitrogens with zero attached hydrogens (tertiary/aromatic N) is 6. The van der Waals surface area contributed by atoms with Crippen LogP contribution in [0.15, 0.2) is 66.2 Å². The van der Waals surface area contributed by atoms with Gasteiger partial charge in [0.2, 0.25) is 5.91 Å². The number of rotatable bonds is 8. The Labute approximate surface area is 190 Å². The maximum Gasteiger partial charge on any atom is 0.238 e. The van der Waals surface area contributed by atoms with Crippen molar-refractivity contribution in [3.63, 3.8) is 0 Å². The second kappa shape index (κ2) is 9.88. The molecule has 0 fully saturated rings. The number of carbonyl (C=O) groups is 1. The van der Waals surface area contributed by atoms with Crippen LogP contribution in [-0.4, -0.2) is 64.5 Å². The van der Waals surface area contributed by atoms with Crippen molar-refractivity contribution < 1.29 is 9.53 Å². The van der Waals surface area contributed by atoms with Gasteiger partial charge in [0, 0.05) is 11.8 Å². The lowest BCUT2D eigenvalue weighted by Gasteiger charge is -2.10. The predicted molar refractivity (Wildman–Crippen MR) is 128 cm³/mol. The van der Waals surface area contributed by atoms with Gasteiger partial charge in [0.15, 0.2) is 11.5 Å². The monoisotopic (exact) mass is 444 g/mol. The summed E-state index contributed by atoms with van der Waals surface area (Å²) in [6.45, 7) is 0.328. The smallest absolute Gasteiger partial charge is 0.238 e. The highest BCUT2D eigenvalue weighted by atomic mass is 16.5. The van der Waals surface area contributed by atoms with Gasteiger partial charge in [-0.15, -0.1) is 0 Å². The molecule has 0 aliphatic heterocycles. The Morgan fingerprint density at radius 2 is 2.00 bits per heavy atom. The van der Waals surface area contributed by atoms with Crippen molar-refractivity contribution in [2.75, 3.05) is 38.5 Å². The summed E-state index contributed by atoms with van der Waals surface area (Å²) in [7, 11) is 5.32. The Morgan fingerprint density at radius 3 is 2.76 bits per heavy atom. The van der Waals surface area contributed by atoms with Gasteiger partial charge in [0.1, 0.15) is 12.1 Å². The summed E-state index contributed by atoms with van der Waals surface area (Å²) in [6.07, 6.45) is 4.83. The molecule has 0 saturated carbocycles. The molecule has 4 aromatic rings. The fraction of sp³-hybridized carbons (Fsp3) is 0.174. The van der Waals surface area contributed by atoms with E-state index < -0.39 is 0 Å². The molecule has 2 N–H and O–H groups in total. The van der Waals surface area contributed by atoms with Crippen LogP contribution in [0.3, 0.4) is 0 Å². The largest absolute Gasteiger partial charge is 0.497 e. The van der Waals surface area contributed by atoms with E-state index >= 15 is 0 Å². The first-order valence-corrected chi connectivity index (χ1v) is 10.2. The van der Waals surface area contributed by atoms with Crippen LogP contribution in [0.2, 0.25) is 0 Å². The summed E-state index contributed by atoms with van der Waals surface area (Å²) in [5, 5.41) is 12.3. The van der Waals surface area contributed by atoms with Gasteiger partial charge in [-0.2, -0.15) is 10.2 Å². The summed E-state index contributed by atoms with van der Waals surface area (Å²) >= 11 is 0. The van der Waals surface area contributed by atoms with E-state index in [0.29, 0.717) is 18.0 Å². The second-order valence-electron chi connectivity index (χ2n) is 7.50. The number of amides is 1. The van der Waals surface area contributed by atoms with Gasteiger partial charge in [-0.05, 0) is 43.9 Å². The maximum absolute atomic E-state index is 11.9. The van der Waals surface area contributed by atoms with Crippen LogP contribution in [-0.2, 0) is 4.79 Å². The Bertz CT molecular complexity index is 1280. The van der Waals surface area contributed by atoms with Crippen molar-refractivity contribution in [3.05, 3.63) is 66.6 Å². The van der Waals surface area contributed by atoms with Crippen LogP contribution in [0.1, 0.15) is 5.56 Å². The molecule has 10 nitrogen and oxygen atoms in total. The highest BCUT2D eigenvalue weighted by molar-refractivity contribution is 5.93. The molecule has 0 unspecified atom stereocenters. The number of methoxy groups -OCH3 is 1. The Kier molecular flexibility index (Phi) is 6.56. The average Bonchev–Trinajstić information content (AvgIpc) is 3.25. The van der Waals surface area contributed by atoms with Gasteiger partial charge in [-0.3, -0.25) is 10.2 Å². The van der Waals surface area contributed by atoms with E-state index in [9.17, 15) is 4.79 Å². The number of nitrogens with one attached hydrogen (secondary N) is 2. The molecule has 168 valence electrons. The third kappa shape index (κ3) is 5.31.